The molecule has 0 aliphatic rings. The molecule has 0 aliphatic carbocycles. The van der Waals surface area contributed by atoms with E-state index in [1.807, 2.05) is 92.7 Å². The summed E-state index contributed by atoms with van der Waals surface area (Å²) in [5.74, 6) is -1.52. The van der Waals surface area contributed by atoms with Gasteiger partial charge in [0, 0.05) is 19.4 Å². The minimum Gasteiger partial charge on any atom is -0.458 e. The molecule has 9 nitrogen and oxygen atoms in total. The van der Waals surface area contributed by atoms with Gasteiger partial charge >= 0.3 is 12.1 Å². The summed E-state index contributed by atoms with van der Waals surface area (Å²) in [6, 6.07) is 21.4. The van der Waals surface area contributed by atoms with Crippen LogP contribution in [0.3, 0.4) is 0 Å². The molecule has 0 saturated carbocycles. The number of carbonyl (C=O) groups is 4. The number of rotatable bonds is 15. The number of unbranched alkanes of at least 4 members (excludes halogenated alkanes) is 2. The van der Waals surface area contributed by atoms with Gasteiger partial charge in [-0.15, -0.1) is 0 Å². The van der Waals surface area contributed by atoms with E-state index in [0.29, 0.717) is 12.0 Å². The molecule has 2 N–H and O–H groups in total. The third-order valence-corrected chi connectivity index (χ3v) is 8.14. The average molecular weight is 700 g/mol. The van der Waals surface area contributed by atoms with Gasteiger partial charge in [-0.3, -0.25) is 9.59 Å². The van der Waals surface area contributed by atoms with Crippen LogP contribution in [0.5, 0.6) is 0 Å². The number of hydrogen-bond donors (Lipinski definition) is 2. The molecule has 3 aromatic carbocycles. The maximum absolute atomic E-state index is 14.9. The summed E-state index contributed by atoms with van der Waals surface area (Å²) < 4.78 is 11.4. The van der Waals surface area contributed by atoms with Gasteiger partial charge in [0.1, 0.15) is 29.3 Å². The Balaban J connectivity index is 2.15. The van der Waals surface area contributed by atoms with Crippen molar-refractivity contribution in [3.63, 3.8) is 0 Å². The van der Waals surface area contributed by atoms with Crippen molar-refractivity contribution in [1.29, 1.82) is 0 Å². The molecule has 9 heteroatoms. The monoisotopic (exact) mass is 699 g/mol. The third kappa shape index (κ3) is 13.5. The Morgan fingerprint density at radius 3 is 1.78 bits per heavy atom. The standard InChI is InChI=1S/C42H57N3O6/c1-10-11-18-25-45(38(47)34(27-31-19-14-12-15-20-31)44-40(49)51-42(7,8)9)36(33-26-29(2)23-24-30(33)3)37(46)43-35(39(48)50-41(4,5)6)28-32-21-16-13-17-22-32/h12-17,19-24,26,34-36H,10-11,18,25,27-28H2,1-9H3,(H,43,46)(H,44,49). The van der Waals surface area contributed by atoms with Crippen molar-refractivity contribution in [1.82, 2.24) is 15.5 Å². The maximum Gasteiger partial charge on any atom is 0.408 e. The number of esters is 1. The highest BCUT2D eigenvalue weighted by atomic mass is 16.6. The van der Waals surface area contributed by atoms with Gasteiger partial charge in [0.15, 0.2) is 0 Å². The van der Waals surface area contributed by atoms with Gasteiger partial charge < -0.3 is 25.0 Å². The van der Waals surface area contributed by atoms with E-state index >= 15 is 0 Å². The summed E-state index contributed by atoms with van der Waals surface area (Å²) in [4.78, 5) is 58.2. The lowest BCUT2D eigenvalue weighted by molar-refractivity contribution is -0.159. The highest BCUT2D eigenvalue weighted by Crippen LogP contribution is 2.28. The predicted molar refractivity (Wildman–Crippen MR) is 201 cm³/mol. The van der Waals surface area contributed by atoms with Crippen LogP contribution in [0, 0.1) is 13.8 Å². The first-order chi connectivity index (χ1) is 24.0. The van der Waals surface area contributed by atoms with Crippen LogP contribution >= 0.6 is 0 Å². The molecule has 3 unspecified atom stereocenters. The fraction of sp³-hybridized carbons (Fsp3) is 0.476. The van der Waals surface area contributed by atoms with E-state index in [9.17, 15) is 19.2 Å². The minimum absolute atomic E-state index is 0.179. The lowest BCUT2D eigenvalue weighted by Gasteiger charge is -2.36. The first-order valence-corrected chi connectivity index (χ1v) is 18.0. The van der Waals surface area contributed by atoms with Crippen LogP contribution in [0.15, 0.2) is 78.9 Å². The van der Waals surface area contributed by atoms with Gasteiger partial charge in [0.05, 0.1) is 0 Å². The van der Waals surface area contributed by atoms with Gasteiger partial charge in [0.25, 0.3) is 0 Å². The molecule has 3 atom stereocenters. The molecule has 3 amide bonds. The molecule has 0 radical (unpaired) electrons. The third-order valence-electron chi connectivity index (χ3n) is 8.14. The predicted octanol–water partition coefficient (Wildman–Crippen LogP) is 7.57. The fourth-order valence-corrected chi connectivity index (χ4v) is 5.77. The van der Waals surface area contributed by atoms with Gasteiger partial charge in [0.2, 0.25) is 11.8 Å². The van der Waals surface area contributed by atoms with Crippen molar-refractivity contribution in [2.45, 2.75) is 124 Å². The molecular formula is C42H57N3O6. The second-order valence-corrected chi connectivity index (χ2v) is 15.2. The quantitative estimate of drug-likeness (QED) is 0.125. The van der Waals surface area contributed by atoms with Crippen molar-refractivity contribution < 1.29 is 28.7 Å². The lowest BCUT2D eigenvalue weighted by atomic mass is 9.94. The number of nitrogens with one attached hydrogen (secondary N) is 2. The SMILES string of the molecule is CCCCCN(C(=O)C(Cc1ccccc1)NC(=O)OC(C)(C)C)C(C(=O)NC(Cc1ccccc1)C(=O)OC(C)(C)C)c1cc(C)ccc1C. The van der Waals surface area contributed by atoms with Gasteiger partial charge in [-0.2, -0.15) is 0 Å². The zero-order chi connectivity index (χ0) is 37.8. The van der Waals surface area contributed by atoms with Crippen LogP contribution in [-0.4, -0.2) is 58.6 Å². The van der Waals surface area contributed by atoms with Crippen LogP contribution in [0.1, 0.15) is 102 Å². The van der Waals surface area contributed by atoms with Crippen molar-refractivity contribution >= 4 is 23.9 Å². The zero-order valence-electron chi connectivity index (χ0n) is 31.9. The summed E-state index contributed by atoms with van der Waals surface area (Å²) in [6.45, 7) is 16.8. The molecule has 3 rings (SSSR count). The molecule has 3 aromatic rings. The maximum atomic E-state index is 14.9. The molecule has 0 heterocycles. The molecular weight excluding hydrogens is 642 g/mol. The van der Waals surface area contributed by atoms with E-state index < -0.39 is 53.2 Å². The minimum atomic E-state index is -1.12. The summed E-state index contributed by atoms with van der Waals surface area (Å²) in [7, 11) is 0. The molecule has 0 aliphatic heterocycles. The van der Waals surface area contributed by atoms with Crippen LogP contribution < -0.4 is 10.6 Å². The summed E-state index contributed by atoms with van der Waals surface area (Å²) in [5.41, 5.74) is 2.46. The van der Waals surface area contributed by atoms with Crippen LogP contribution in [0.25, 0.3) is 0 Å². The molecule has 0 fully saturated rings. The molecule has 0 saturated heterocycles. The van der Waals surface area contributed by atoms with Gasteiger partial charge in [-0.1, -0.05) is 104 Å². The largest absolute Gasteiger partial charge is 0.458 e. The number of nitrogens with zero attached hydrogens (tertiary/aromatic N) is 1. The van der Waals surface area contributed by atoms with Crippen molar-refractivity contribution in [2.75, 3.05) is 6.54 Å². The average Bonchev–Trinajstić information content (AvgIpc) is 3.04. The van der Waals surface area contributed by atoms with Crippen LogP contribution in [0.4, 0.5) is 4.79 Å². The van der Waals surface area contributed by atoms with Crippen molar-refractivity contribution in [2.24, 2.45) is 0 Å². The number of benzene rings is 3. The Labute approximate surface area is 304 Å². The van der Waals surface area contributed by atoms with E-state index in [1.165, 1.54) is 0 Å². The Bertz CT molecular complexity index is 1590. The van der Waals surface area contributed by atoms with Crippen molar-refractivity contribution in [3.05, 3.63) is 107 Å². The first-order valence-electron chi connectivity index (χ1n) is 18.0. The Morgan fingerprint density at radius 2 is 1.25 bits per heavy atom. The van der Waals surface area contributed by atoms with Gasteiger partial charge in [-0.25, -0.2) is 9.59 Å². The second-order valence-electron chi connectivity index (χ2n) is 15.2. The Morgan fingerprint density at radius 1 is 0.706 bits per heavy atom. The topological polar surface area (TPSA) is 114 Å². The summed E-state index contributed by atoms with van der Waals surface area (Å²) in [6.07, 6.45) is 1.99. The van der Waals surface area contributed by atoms with E-state index in [0.717, 1.165) is 35.1 Å². The van der Waals surface area contributed by atoms with E-state index in [-0.39, 0.29) is 19.4 Å². The Kier molecular flexibility index (Phi) is 14.8. The number of amides is 3. The highest BCUT2D eigenvalue weighted by molar-refractivity contribution is 5.94. The summed E-state index contributed by atoms with van der Waals surface area (Å²) in [5, 5.41) is 5.82. The molecule has 0 aromatic heterocycles. The van der Waals surface area contributed by atoms with E-state index in [1.54, 1.807) is 46.4 Å². The highest BCUT2D eigenvalue weighted by Gasteiger charge is 2.39. The zero-order valence-corrected chi connectivity index (χ0v) is 31.9. The summed E-state index contributed by atoms with van der Waals surface area (Å²) >= 11 is 0. The fourth-order valence-electron chi connectivity index (χ4n) is 5.77. The van der Waals surface area contributed by atoms with Crippen LogP contribution in [0.2, 0.25) is 0 Å². The number of alkyl carbamates (subject to hydrolysis) is 1. The normalized spacial score (nSPS) is 13.4. The number of aryl methyl sites for hydroxylation is 2. The molecule has 276 valence electrons. The Hall–Kier alpha value is -4.66. The lowest BCUT2D eigenvalue weighted by Crippen LogP contribution is -2.55. The molecule has 51 heavy (non-hydrogen) atoms. The van der Waals surface area contributed by atoms with Gasteiger partial charge in [-0.05, 0) is 84.1 Å². The molecule has 0 bridgehead atoms. The van der Waals surface area contributed by atoms with Crippen molar-refractivity contribution in [3.8, 4) is 0 Å². The smallest absolute Gasteiger partial charge is 0.408 e. The first kappa shape index (κ1) is 40.8. The second kappa shape index (κ2) is 18.5. The van der Waals surface area contributed by atoms with E-state index in [4.69, 9.17) is 9.47 Å². The van der Waals surface area contributed by atoms with E-state index in [2.05, 4.69) is 17.6 Å². The number of carbonyl (C=O) groups excluding carboxylic acids is 4. The molecule has 0 spiro atoms. The number of ether oxygens (including phenoxy) is 2. The number of hydrogen-bond acceptors (Lipinski definition) is 6. The van der Waals surface area contributed by atoms with Crippen LogP contribution in [-0.2, 0) is 36.7 Å².